The van der Waals surface area contributed by atoms with Crippen LogP contribution in [0.2, 0.25) is 0 Å². The van der Waals surface area contributed by atoms with Gasteiger partial charge in [0.05, 0.1) is 10.5 Å². The lowest BCUT2D eigenvalue weighted by Gasteiger charge is -2.18. The Balaban J connectivity index is 2.85. The van der Waals surface area contributed by atoms with Crippen LogP contribution in [0, 0.1) is 15.5 Å². The summed E-state index contributed by atoms with van der Waals surface area (Å²) in [6.45, 7) is 6.80. The molecular weight excluding hydrogens is 258 g/mol. The minimum absolute atomic E-state index is 0.0926. The highest BCUT2D eigenvalue weighted by Crippen LogP contribution is 2.22. The molecule has 6 nitrogen and oxygen atoms in total. The van der Waals surface area contributed by atoms with Crippen molar-refractivity contribution in [1.82, 2.24) is 5.32 Å². The topological polar surface area (TPSA) is 84.3 Å². The van der Waals surface area contributed by atoms with E-state index in [1.165, 1.54) is 18.2 Å². The first kappa shape index (κ1) is 15.9. The van der Waals surface area contributed by atoms with E-state index in [0.29, 0.717) is 12.2 Å². The second-order valence-electron chi connectivity index (χ2n) is 5.80. The van der Waals surface area contributed by atoms with Gasteiger partial charge in [0.2, 0.25) is 0 Å². The van der Waals surface area contributed by atoms with E-state index in [2.05, 4.69) is 31.4 Å². The van der Waals surface area contributed by atoms with E-state index in [9.17, 15) is 14.9 Å². The fourth-order valence-electron chi connectivity index (χ4n) is 1.70. The van der Waals surface area contributed by atoms with Gasteiger partial charge in [-0.15, -0.1) is 0 Å². The summed E-state index contributed by atoms with van der Waals surface area (Å²) in [7, 11) is 1.67. The molecule has 0 fully saturated rings. The molecule has 0 aliphatic heterocycles. The third-order valence-corrected chi connectivity index (χ3v) is 2.89. The molecule has 1 aromatic rings. The Bertz CT molecular complexity index is 507. The monoisotopic (exact) mass is 279 g/mol. The van der Waals surface area contributed by atoms with Gasteiger partial charge in [-0.1, -0.05) is 20.8 Å². The lowest BCUT2D eigenvalue weighted by molar-refractivity contribution is -0.384. The molecule has 0 unspecified atom stereocenters. The zero-order valence-corrected chi connectivity index (χ0v) is 12.3. The van der Waals surface area contributed by atoms with Gasteiger partial charge in [-0.25, -0.2) is 0 Å². The maximum atomic E-state index is 12.1. The third kappa shape index (κ3) is 4.53. The molecule has 0 radical (unpaired) electrons. The minimum atomic E-state index is -0.509. The minimum Gasteiger partial charge on any atom is -0.387 e. The summed E-state index contributed by atoms with van der Waals surface area (Å²) in [5.74, 6) is -0.303. The number of non-ortho nitro benzene ring substituents is 1. The lowest BCUT2D eigenvalue weighted by atomic mass is 9.92. The molecule has 0 atom stereocenters. The van der Waals surface area contributed by atoms with Crippen molar-refractivity contribution in [2.24, 2.45) is 5.41 Å². The van der Waals surface area contributed by atoms with Crippen molar-refractivity contribution >= 4 is 17.3 Å². The highest BCUT2D eigenvalue weighted by atomic mass is 16.6. The lowest BCUT2D eigenvalue weighted by Crippen LogP contribution is -2.27. The summed E-state index contributed by atoms with van der Waals surface area (Å²) in [6.07, 6.45) is 0.836. The first-order valence-corrected chi connectivity index (χ1v) is 6.49. The highest BCUT2D eigenvalue weighted by molar-refractivity contribution is 6.00. The number of carbonyl (C=O) groups excluding carboxylic acids is 1. The number of anilines is 1. The van der Waals surface area contributed by atoms with Crippen LogP contribution in [-0.4, -0.2) is 24.4 Å². The smallest absolute Gasteiger partial charge is 0.270 e. The van der Waals surface area contributed by atoms with Crippen LogP contribution >= 0.6 is 0 Å². The van der Waals surface area contributed by atoms with E-state index in [1.807, 2.05) is 0 Å². The van der Waals surface area contributed by atoms with E-state index in [1.54, 1.807) is 7.05 Å². The molecule has 0 saturated heterocycles. The normalized spacial score (nSPS) is 11.0. The Morgan fingerprint density at radius 1 is 1.35 bits per heavy atom. The highest BCUT2D eigenvalue weighted by Gasteiger charge is 2.17. The van der Waals surface area contributed by atoms with Gasteiger partial charge in [0.25, 0.3) is 11.6 Å². The number of hydrogen-bond donors (Lipinski definition) is 2. The standard InChI is InChI=1S/C14H21N3O3/c1-14(2,3)7-8-16-13(18)11-9-10(17(19)20)5-6-12(11)15-4/h5-6,9,15H,7-8H2,1-4H3,(H,16,18). The predicted molar refractivity (Wildman–Crippen MR) is 79.0 cm³/mol. The Labute approximate surface area is 118 Å². The molecule has 1 amide bonds. The van der Waals surface area contributed by atoms with E-state index in [0.717, 1.165) is 6.42 Å². The van der Waals surface area contributed by atoms with Gasteiger partial charge < -0.3 is 10.6 Å². The Morgan fingerprint density at radius 2 is 2.00 bits per heavy atom. The van der Waals surface area contributed by atoms with Gasteiger partial charge in [-0.2, -0.15) is 0 Å². The molecule has 0 saturated carbocycles. The second-order valence-corrected chi connectivity index (χ2v) is 5.80. The van der Waals surface area contributed by atoms with E-state index in [-0.39, 0.29) is 22.6 Å². The molecule has 0 spiro atoms. The summed E-state index contributed by atoms with van der Waals surface area (Å²) in [6, 6.07) is 4.20. The molecule has 0 heterocycles. The van der Waals surface area contributed by atoms with Crippen LogP contribution < -0.4 is 10.6 Å². The van der Waals surface area contributed by atoms with Crippen LogP contribution in [0.15, 0.2) is 18.2 Å². The molecule has 110 valence electrons. The SMILES string of the molecule is CNc1ccc([N+](=O)[O-])cc1C(=O)NCCC(C)(C)C. The van der Waals surface area contributed by atoms with Crippen molar-refractivity contribution in [3.8, 4) is 0 Å². The average molecular weight is 279 g/mol. The van der Waals surface area contributed by atoms with Crippen LogP contribution in [0.4, 0.5) is 11.4 Å². The van der Waals surface area contributed by atoms with Crippen molar-refractivity contribution in [2.45, 2.75) is 27.2 Å². The number of amides is 1. The summed E-state index contributed by atoms with van der Waals surface area (Å²) in [4.78, 5) is 22.4. The Hall–Kier alpha value is -2.11. The average Bonchev–Trinajstić information content (AvgIpc) is 2.36. The molecule has 1 aromatic carbocycles. The zero-order chi connectivity index (χ0) is 15.3. The molecule has 0 aliphatic carbocycles. The molecule has 0 aromatic heterocycles. The van der Waals surface area contributed by atoms with Gasteiger partial charge in [0, 0.05) is 31.4 Å². The zero-order valence-electron chi connectivity index (χ0n) is 12.3. The summed E-state index contributed by atoms with van der Waals surface area (Å²) >= 11 is 0. The van der Waals surface area contributed by atoms with Crippen molar-refractivity contribution in [3.63, 3.8) is 0 Å². The molecule has 0 bridgehead atoms. The number of nitro groups is 1. The fraction of sp³-hybridized carbons (Fsp3) is 0.500. The number of rotatable bonds is 5. The number of nitrogens with zero attached hydrogens (tertiary/aromatic N) is 1. The van der Waals surface area contributed by atoms with Gasteiger partial charge in [0.15, 0.2) is 0 Å². The van der Waals surface area contributed by atoms with Gasteiger partial charge in [-0.3, -0.25) is 14.9 Å². The van der Waals surface area contributed by atoms with E-state index < -0.39 is 4.92 Å². The summed E-state index contributed by atoms with van der Waals surface area (Å²) < 4.78 is 0. The second kappa shape index (κ2) is 6.36. The van der Waals surface area contributed by atoms with Crippen LogP contribution in [0.3, 0.4) is 0 Å². The van der Waals surface area contributed by atoms with Crippen LogP contribution in [-0.2, 0) is 0 Å². The largest absolute Gasteiger partial charge is 0.387 e. The molecule has 2 N–H and O–H groups in total. The third-order valence-electron chi connectivity index (χ3n) is 2.89. The fourth-order valence-corrected chi connectivity index (χ4v) is 1.70. The Kier molecular flexibility index (Phi) is 5.07. The van der Waals surface area contributed by atoms with Crippen LogP contribution in [0.1, 0.15) is 37.6 Å². The first-order valence-electron chi connectivity index (χ1n) is 6.49. The molecule has 0 aliphatic rings. The molecule has 6 heteroatoms. The van der Waals surface area contributed by atoms with Gasteiger partial charge >= 0.3 is 0 Å². The maximum Gasteiger partial charge on any atom is 0.270 e. The van der Waals surface area contributed by atoms with Crippen molar-refractivity contribution < 1.29 is 9.72 Å². The van der Waals surface area contributed by atoms with Crippen molar-refractivity contribution in [3.05, 3.63) is 33.9 Å². The number of benzene rings is 1. The number of carbonyl (C=O) groups is 1. The maximum absolute atomic E-state index is 12.1. The number of nitrogens with one attached hydrogen (secondary N) is 2. The summed E-state index contributed by atoms with van der Waals surface area (Å²) in [5.41, 5.74) is 0.895. The molecular formula is C14H21N3O3. The Morgan fingerprint density at radius 3 is 2.50 bits per heavy atom. The van der Waals surface area contributed by atoms with Crippen LogP contribution in [0.5, 0.6) is 0 Å². The van der Waals surface area contributed by atoms with Gasteiger partial charge in [-0.05, 0) is 17.9 Å². The molecule has 20 heavy (non-hydrogen) atoms. The predicted octanol–water partition coefficient (Wildman–Crippen LogP) is 2.80. The summed E-state index contributed by atoms with van der Waals surface area (Å²) in [5, 5.41) is 16.4. The van der Waals surface area contributed by atoms with Crippen LogP contribution in [0.25, 0.3) is 0 Å². The number of hydrogen-bond acceptors (Lipinski definition) is 4. The van der Waals surface area contributed by atoms with E-state index >= 15 is 0 Å². The first-order chi connectivity index (χ1) is 9.24. The van der Waals surface area contributed by atoms with E-state index in [4.69, 9.17) is 0 Å². The van der Waals surface area contributed by atoms with Gasteiger partial charge in [0.1, 0.15) is 0 Å². The van der Waals surface area contributed by atoms with Crippen molar-refractivity contribution in [2.75, 3.05) is 18.9 Å². The quantitative estimate of drug-likeness (QED) is 0.641. The number of nitro benzene ring substituents is 1. The van der Waals surface area contributed by atoms with Crippen molar-refractivity contribution in [1.29, 1.82) is 0 Å². The molecule has 1 rings (SSSR count).